The maximum absolute atomic E-state index is 12.3. The van der Waals surface area contributed by atoms with Crippen LogP contribution in [0.5, 0.6) is 0 Å². The number of nitrogens with zero attached hydrogens (tertiary/aromatic N) is 3. The van der Waals surface area contributed by atoms with Crippen LogP contribution in [0.3, 0.4) is 0 Å². The fourth-order valence-electron chi connectivity index (χ4n) is 2.30. The van der Waals surface area contributed by atoms with Gasteiger partial charge in [-0.15, -0.1) is 21.5 Å². The molecule has 1 amide bonds. The van der Waals surface area contributed by atoms with Gasteiger partial charge in [-0.1, -0.05) is 23.1 Å². The van der Waals surface area contributed by atoms with E-state index in [4.69, 9.17) is 5.73 Å². The summed E-state index contributed by atoms with van der Waals surface area (Å²) in [6, 6.07) is 2.23. The van der Waals surface area contributed by atoms with Gasteiger partial charge in [0.2, 0.25) is 11.0 Å². The number of hydrogen-bond donors (Lipinski definition) is 2. The highest BCUT2D eigenvalue weighted by Gasteiger charge is 2.25. The summed E-state index contributed by atoms with van der Waals surface area (Å²) in [5.41, 5.74) is 7.27. The SMILES string of the molecule is CC(Sc1nnc(N)s1)C(=O)Nc1sc2c(c1C#N)CCC2. The Morgan fingerprint density at radius 2 is 2.27 bits per heavy atom. The molecule has 1 aliphatic carbocycles. The van der Waals surface area contributed by atoms with Gasteiger partial charge in [0.15, 0.2) is 4.34 Å². The monoisotopic (exact) mass is 351 g/mol. The predicted molar refractivity (Wildman–Crippen MR) is 89.3 cm³/mol. The number of fused-ring (bicyclic) bond motifs is 1. The Labute approximate surface area is 139 Å². The number of nitrogens with one attached hydrogen (secondary N) is 1. The van der Waals surface area contributed by atoms with Crippen molar-refractivity contribution < 1.29 is 4.79 Å². The number of carbonyl (C=O) groups is 1. The fourth-order valence-corrected chi connectivity index (χ4v) is 5.32. The quantitative estimate of drug-likeness (QED) is 0.821. The third-order valence-electron chi connectivity index (χ3n) is 3.34. The Morgan fingerprint density at radius 3 is 2.95 bits per heavy atom. The van der Waals surface area contributed by atoms with E-state index in [-0.39, 0.29) is 11.2 Å². The molecular formula is C13H13N5OS3. The maximum atomic E-state index is 12.3. The van der Waals surface area contributed by atoms with E-state index in [2.05, 4.69) is 21.6 Å². The summed E-state index contributed by atoms with van der Waals surface area (Å²) >= 11 is 4.09. The van der Waals surface area contributed by atoms with Gasteiger partial charge in [0.1, 0.15) is 11.1 Å². The summed E-state index contributed by atoms with van der Waals surface area (Å²) in [5.74, 6) is -0.143. The molecule has 1 atom stereocenters. The molecule has 0 fully saturated rings. The average molecular weight is 351 g/mol. The molecule has 0 aromatic carbocycles. The van der Waals surface area contributed by atoms with Crippen molar-refractivity contribution in [1.82, 2.24) is 10.2 Å². The summed E-state index contributed by atoms with van der Waals surface area (Å²) < 4.78 is 0.661. The van der Waals surface area contributed by atoms with Gasteiger partial charge < -0.3 is 11.1 Å². The number of aromatic nitrogens is 2. The zero-order chi connectivity index (χ0) is 15.7. The first-order valence-electron chi connectivity index (χ1n) is 6.69. The number of thioether (sulfide) groups is 1. The van der Waals surface area contributed by atoms with Crippen molar-refractivity contribution in [2.24, 2.45) is 0 Å². The van der Waals surface area contributed by atoms with E-state index in [0.717, 1.165) is 24.8 Å². The van der Waals surface area contributed by atoms with Crippen LogP contribution in [0.15, 0.2) is 4.34 Å². The Hall–Kier alpha value is -1.63. The van der Waals surface area contributed by atoms with Crippen LogP contribution in [-0.2, 0) is 17.6 Å². The van der Waals surface area contributed by atoms with Crippen molar-refractivity contribution in [3.05, 3.63) is 16.0 Å². The van der Waals surface area contributed by atoms with Gasteiger partial charge in [0, 0.05) is 4.88 Å². The maximum Gasteiger partial charge on any atom is 0.238 e. The molecule has 0 saturated heterocycles. The molecule has 0 spiro atoms. The fraction of sp³-hybridized carbons (Fsp3) is 0.385. The summed E-state index contributed by atoms with van der Waals surface area (Å²) in [6.45, 7) is 1.80. The minimum absolute atomic E-state index is 0.143. The van der Waals surface area contributed by atoms with Crippen molar-refractivity contribution in [2.75, 3.05) is 11.1 Å². The lowest BCUT2D eigenvalue weighted by molar-refractivity contribution is -0.115. The average Bonchev–Trinajstić information content (AvgIpc) is 3.15. The third-order valence-corrected chi connectivity index (χ3v) is 6.48. The van der Waals surface area contributed by atoms with Crippen molar-refractivity contribution in [2.45, 2.75) is 35.8 Å². The second kappa shape index (κ2) is 6.24. The molecule has 9 heteroatoms. The smallest absolute Gasteiger partial charge is 0.238 e. The van der Waals surface area contributed by atoms with E-state index in [1.54, 1.807) is 6.92 Å². The normalized spacial score (nSPS) is 14.4. The van der Waals surface area contributed by atoms with Crippen LogP contribution < -0.4 is 11.1 Å². The molecule has 22 heavy (non-hydrogen) atoms. The number of thiophene rings is 1. The minimum atomic E-state index is -0.337. The number of amides is 1. The number of carbonyl (C=O) groups excluding carboxylic acids is 1. The molecule has 2 heterocycles. The molecule has 2 aromatic heterocycles. The van der Waals surface area contributed by atoms with E-state index in [0.29, 0.717) is 20.0 Å². The van der Waals surface area contributed by atoms with Crippen LogP contribution in [-0.4, -0.2) is 21.4 Å². The van der Waals surface area contributed by atoms with Gasteiger partial charge in [-0.3, -0.25) is 4.79 Å². The van der Waals surface area contributed by atoms with Gasteiger partial charge in [0.25, 0.3) is 0 Å². The van der Waals surface area contributed by atoms with Crippen molar-refractivity contribution in [1.29, 1.82) is 5.26 Å². The Morgan fingerprint density at radius 1 is 1.45 bits per heavy atom. The Bertz CT molecular complexity index is 760. The van der Waals surface area contributed by atoms with Gasteiger partial charge in [0.05, 0.1) is 10.8 Å². The Kier molecular flexibility index (Phi) is 4.33. The van der Waals surface area contributed by atoms with E-state index >= 15 is 0 Å². The van der Waals surface area contributed by atoms with E-state index in [1.165, 1.54) is 39.3 Å². The van der Waals surface area contributed by atoms with Crippen molar-refractivity contribution >= 4 is 50.5 Å². The van der Waals surface area contributed by atoms with E-state index in [1.807, 2.05) is 0 Å². The highest BCUT2D eigenvalue weighted by atomic mass is 32.2. The van der Waals surface area contributed by atoms with Gasteiger partial charge in [-0.2, -0.15) is 5.26 Å². The van der Waals surface area contributed by atoms with E-state index in [9.17, 15) is 10.1 Å². The molecule has 1 aliphatic rings. The van der Waals surface area contributed by atoms with Crippen LogP contribution in [0.1, 0.15) is 29.3 Å². The Balaban J connectivity index is 1.70. The summed E-state index contributed by atoms with van der Waals surface area (Å²) in [6.07, 6.45) is 3.02. The zero-order valence-corrected chi connectivity index (χ0v) is 14.2. The molecule has 3 N–H and O–H groups in total. The van der Waals surface area contributed by atoms with Crippen molar-refractivity contribution in [3.63, 3.8) is 0 Å². The summed E-state index contributed by atoms with van der Waals surface area (Å²) in [4.78, 5) is 13.5. The highest BCUT2D eigenvalue weighted by Crippen LogP contribution is 2.39. The predicted octanol–water partition coefficient (Wildman–Crippen LogP) is 2.66. The topological polar surface area (TPSA) is 105 Å². The summed E-state index contributed by atoms with van der Waals surface area (Å²) in [7, 11) is 0. The highest BCUT2D eigenvalue weighted by molar-refractivity contribution is 8.02. The number of rotatable bonds is 4. The first-order chi connectivity index (χ1) is 10.6. The van der Waals surface area contributed by atoms with Gasteiger partial charge >= 0.3 is 0 Å². The molecular weight excluding hydrogens is 338 g/mol. The van der Waals surface area contributed by atoms with Crippen LogP contribution in [0.25, 0.3) is 0 Å². The molecule has 0 aliphatic heterocycles. The van der Waals surface area contributed by atoms with Crippen molar-refractivity contribution in [3.8, 4) is 6.07 Å². The van der Waals surface area contributed by atoms with Crippen LogP contribution in [0.2, 0.25) is 0 Å². The number of anilines is 2. The first kappa shape index (κ1) is 15.3. The number of aryl methyl sites for hydroxylation is 1. The third kappa shape index (κ3) is 2.95. The number of nitrogens with two attached hydrogens (primary N) is 1. The van der Waals surface area contributed by atoms with Crippen LogP contribution in [0.4, 0.5) is 10.1 Å². The van der Waals surface area contributed by atoms with Gasteiger partial charge in [-0.25, -0.2) is 0 Å². The summed E-state index contributed by atoms with van der Waals surface area (Å²) in [5, 5.41) is 20.5. The second-order valence-electron chi connectivity index (χ2n) is 4.83. The molecule has 0 bridgehead atoms. The minimum Gasteiger partial charge on any atom is -0.374 e. The molecule has 0 radical (unpaired) electrons. The van der Waals surface area contributed by atoms with Crippen LogP contribution in [0, 0.1) is 11.3 Å². The molecule has 0 saturated carbocycles. The van der Waals surface area contributed by atoms with E-state index < -0.39 is 0 Å². The molecule has 3 rings (SSSR count). The largest absolute Gasteiger partial charge is 0.374 e. The molecule has 2 aromatic rings. The molecule has 1 unspecified atom stereocenters. The standard InChI is InChI=1S/C13H13N5OS3/c1-6(20-13-18-17-12(15)22-13)10(19)16-11-8(5-14)7-3-2-4-9(7)21-11/h6H,2-4H2,1H3,(H2,15,17)(H,16,19). The van der Waals surface area contributed by atoms with Crippen LogP contribution >= 0.6 is 34.4 Å². The lowest BCUT2D eigenvalue weighted by Crippen LogP contribution is -2.22. The number of hydrogen-bond acceptors (Lipinski definition) is 8. The molecule has 6 nitrogen and oxygen atoms in total. The molecule has 114 valence electrons. The lowest BCUT2D eigenvalue weighted by atomic mass is 10.1. The number of nitrogen functional groups attached to an aromatic ring is 1. The van der Waals surface area contributed by atoms with Gasteiger partial charge in [-0.05, 0) is 31.7 Å². The second-order valence-corrected chi connectivity index (χ2v) is 8.53. The lowest BCUT2D eigenvalue weighted by Gasteiger charge is -2.09. The first-order valence-corrected chi connectivity index (χ1v) is 9.21. The number of nitriles is 1. The zero-order valence-electron chi connectivity index (χ0n) is 11.8.